The first-order chi connectivity index (χ1) is 7.22. The van der Waals surface area contributed by atoms with E-state index in [1.54, 1.807) is 14.2 Å². The number of hydrogen-bond donors (Lipinski definition) is 1. The summed E-state index contributed by atoms with van der Waals surface area (Å²) in [5.74, 6) is 1.52. The maximum atomic E-state index is 5.23. The van der Waals surface area contributed by atoms with Crippen LogP contribution in [0.2, 0.25) is 0 Å². The van der Waals surface area contributed by atoms with E-state index in [0.29, 0.717) is 4.99 Å². The Morgan fingerprint density at radius 3 is 2.60 bits per heavy atom. The zero-order valence-corrected chi connectivity index (χ0v) is 9.98. The van der Waals surface area contributed by atoms with Gasteiger partial charge in [0.05, 0.1) is 19.8 Å². The van der Waals surface area contributed by atoms with Crippen molar-refractivity contribution >= 4 is 17.2 Å². The molecule has 82 valence electrons. The lowest BCUT2D eigenvalue weighted by Crippen LogP contribution is -2.22. The average Bonchev–Trinajstić information content (AvgIpc) is 2.28. The van der Waals surface area contributed by atoms with Crippen LogP contribution in [0.3, 0.4) is 0 Å². The Morgan fingerprint density at radius 2 is 2.07 bits per heavy atom. The van der Waals surface area contributed by atoms with Crippen molar-refractivity contribution in [1.29, 1.82) is 0 Å². The van der Waals surface area contributed by atoms with Crippen molar-refractivity contribution in [2.45, 2.75) is 6.92 Å². The minimum Gasteiger partial charge on any atom is -0.497 e. The van der Waals surface area contributed by atoms with Gasteiger partial charge in [-0.1, -0.05) is 12.2 Å². The monoisotopic (exact) mass is 225 g/mol. The van der Waals surface area contributed by atoms with Crippen molar-refractivity contribution in [2.24, 2.45) is 0 Å². The van der Waals surface area contributed by atoms with E-state index in [1.807, 2.05) is 25.1 Å². The summed E-state index contributed by atoms with van der Waals surface area (Å²) in [7, 11) is 3.25. The highest BCUT2D eigenvalue weighted by Gasteiger charge is 2.08. The van der Waals surface area contributed by atoms with Crippen LogP contribution in [0.5, 0.6) is 11.5 Å². The standard InChI is InChI=1S/C11H15NO2S/c1-4-12-11(15)9-7-8(13-2)5-6-10(9)14-3/h5-7H,4H2,1-3H3,(H,12,15). The van der Waals surface area contributed by atoms with Crippen molar-refractivity contribution in [3.05, 3.63) is 23.8 Å². The highest BCUT2D eigenvalue weighted by Crippen LogP contribution is 2.24. The van der Waals surface area contributed by atoms with Crippen LogP contribution in [0, 0.1) is 0 Å². The van der Waals surface area contributed by atoms with Gasteiger partial charge in [0.2, 0.25) is 0 Å². The molecular formula is C11H15NO2S. The molecule has 3 nitrogen and oxygen atoms in total. The molecule has 0 aromatic heterocycles. The summed E-state index contributed by atoms with van der Waals surface area (Å²) in [6, 6.07) is 5.55. The molecule has 0 bridgehead atoms. The number of hydrogen-bond acceptors (Lipinski definition) is 3. The van der Waals surface area contributed by atoms with Crippen LogP contribution < -0.4 is 14.8 Å². The van der Waals surface area contributed by atoms with Crippen molar-refractivity contribution in [3.8, 4) is 11.5 Å². The first-order valence-corrected chi connectivity index (χ1v) is 5.14. The summed E-state index contributed by atoms with van der Waals surface area (Å²) in [6.07, 6.45) is 0. The molecule has 0 aliphatic rings. The molecule has 1 aromatic rings. The van der Waals surface area contributed by atoms with Crippen molar-refractivity contribution in [1.82, 2.24) is 5.32 Å². The Labute approximate surface area is 95.4 Å². The summed E-state index contributed by atoms with van der Waals surface area (Å²) >= 11 is 5.23. The van der Waals surface area contributed by atoms with E-state index in [-0.39, 0.29) is 0 Å². The number of nitrogens with one attached hydrogen (secondary N) is 1. The van der Waals surface area contributed by atoms with Gasteiger partial charge in [-0.25, -0.2) is 0 Å². The quantitative estimate of drug-likeness (QED) is 0.794. The summed E-state index contributed by atoms with van der Waals surface area (Å²) in [4.78, 5) is 0.674. The highest BCUT2D eigenvalue weighted by atomic mass is 32.1. The third kappa shape index (κ3) is 2.83. The van der Waals surface area contributed by atoms with Crippen LogP contribution in [0.1, 0.15) is 12.5 Å². The van der Waals surface area contributed by atoms with Gasteiger partial charge in [0.15, 0.2) is 0 Å². The van der Waals surface area contributed by atoms with Gasteiger partial charge in [0.1, 0.15) is 16.5 Å². The molecular weight excluding hydrogens is 210 g/mol. The van der Waals surface area contributed by atoms with E-state index in [4.69, 9.17) is 21.7 Å². The van der Waals surface area contributed by atoms with Crippen LogP contribution in [-0.4, -0.2) is 25.8 Å². The number of thiocarbonyl (C=S) groups is 1. The zero-order chi connectivity index (χ0) is 11.3. The molecule has 0 spiro atoms. The Bertz CT molecular complexity index is 352. The molecule has 0 fully saturated rings. The molecule has 4 heteroatoms. The fourth-order valence-corrected chi connectivity index (χ4v) is 1.55. The van der Waals surface area contributed by atoms with Crippen LogP contribution in [0.25, 0.3) is 0 Å². The van der Waals surface area contributed by atoms with Gasteiger partial charge in [0, 0.05) is 6.54 Å². The lowest BCUT2D eigenvalue weighted by atomic mass is 10.2. The number of rotatable bonds is 4. The summed E-state index contributed by atoms with van der Waals surface area (Å²) in [5.41, 5.74) is 0.855. The molecule has 0 saturated heterocycles. The molecule has 0 aliphatic carbocycles. The molecule has 0 saturated carbocycles. The molecule has 0 amide bonds. The normalized spacial score (nSPS) is 9.53. The molecule has 0 radical (unpaired) electrons. The third-order valence-electron chi connectivity index (χ3n) is 1.99. The largest absolute Gasteiger partial charge is 0.497 e. The summed E-state index contributed by atoms with van der Waals surface area (Å²) in [6.45, 7) is 2.79. The second-order valence-electron chi connectivity index (χ2n) is 2.93. The van der Waals surface area contributed by atoms with Crippen LogP contribution in [0.4, 0.5) is 0 Å². The Morgan fingerprint density at radius 1 is 1.33 bits per heavy atom. The lowest BCUT2D eigenvalue weighted by molar-refractivity contribution is 0.402. The first-order valence-electron chi connectivity index (χ1n) is 4.73. The Kier molecular flexibility index (Phi) is 4.37. The predicted octanol–water partition coefficient (Wildman–Crippen LogP) is 1.99. The minimum absolute atomic E-state index is 0.674. The maximum Gasteiger partial charge on any atom is 0.129 e. The zero-order valence-electron chi connectivity index (χ0n) is 9.16. The molecule has 0 aliphatic heterocycles. The van der Waals surface area contributed by atoms with Gasteiger partial charge in [0.25, 0.3) is 0 Å². The molecule has 1 rings (SSSR count). The molecule has 1 N–H and O–H groups in total. The molecule has 0 unspecified atom stereocenters. The number of ether oxygens (including phenoxy) is 2. The van der Waals surface area contributed by atoms with Crippen LogP contribution >= 0.6 is 12.2 Å². The SMILES string of the molecule is CCNC(=S)c1cc(OC)ccc1OC. The Balaban J connectivity index is 3.05. The van der Waals surface area contributed by atoms with E-state index in [0.717, 1.165) is 23.6 Å². The van der Waals surface area contributed by atoms with Gasteiger partial charge in [-0.2, -0.15) is 0 Å². The highest BCUT2D eigenvalue weighted by molar-refractivity contribution is 7.80. The first kappa shape index (κ1) is 11.8. The summed E-state index contributed by atoms with van der Waals surface area (Å²) < 4.78 is 10.4. The van der Waals surface area contributed by atoms with Gasteiger partial charge < -0.3 is 14.8 Å². The number of methoxy groups -OCH3 is 2. The second kappa shape index (κ2) is 5.56. The van der Waals surface area contributed by atoms with E-state index in [2.05, 4.69) is 5.32 Å². The van der Waals surface area contributed by atoms with Crippen molar-refractivity contribution in [2.75, 3.05) is 20.8 Å². The van der Waals surface area contributed by atoms with Crippen LogP contribution in [0.15, 0.2) is 18.2 Å². The third-order valence-corrected chi connectivity index (χ3v) is 2.35. The molecule has 0 atom stereocenters. The van der Waals surface area contributed by atoms with Crippen molar-refractivity contribution in [3.63, 3.8) is 0 Å². The van der Waals surface area contributed by atoms with E-state index in [1.165, 1.54) is 0 Å². The predicted molar refractivity (Wildman–Crippen MR) is 64.9 cm³/mol. The fourth-order valence-electron chi connectivity index (χ4n) is 1.25. The van der Waals surface area contributed by atoms with E-state index in [9.17, 15) is 0 Å². The lowest BCUT2D eigenvalue weighted by Gasteiger charge is -2.11. The van der Waals surface area contributed by atoms with Gasteiger partial charge in [-0.15, -0.1) is 0 Å². The topological polar surface area (TPSA) is 30.5 Å². The van der Waals surface area contributed by atoms with E-state index >= 15 is 0 Å². The fraction of sp³-hybridized carbons (Fsp3) is 0.364. The van der Waals surface area contributed by atoms with Gasteiger partial charge in [-0.05, 0) is 25.1 Å². The molecule has 1 aromatic carbocycles. The minimum atomic E-state index is 0.674. The van der Waals surface area contributed by atoms with Crippen molar-refractivity contribution < 1.29 is 9.47 Å². The van der Waals surface area contributed by atoms with Gasteiger partial charge in [-0.3, -0.25) is 0 Å². The van der Waals surface area contributed by atoms with Gasteiger partial charge >= 0.3 is 0 Å². The number of benzene rings is 1. The van der Waals surface area contributed by atoms with Crippen LogP contribution in [-0.2, 0) is 0 Å². The smallest absolute Gasteiger partial charge is 0.129 e. The Hall–Kier alpha value is -1.29. The second-order valence-corrected chi connectivity index (χ2v) is 3.33. The molecule has 0 heterocycles. The maximum absolute atomic E-state index is 5.23. The van der Waals surface area contributed by atoms with E-state index < -0.39 is 0 Å². The average molecular weight is 225 g/mol. The molecule has 15 heavy (non-hydrogen) atoms. The summed E-state index contributed by atoms with van der Waals surface area (Å²) in [5, 5.41) is 3.08.